The van der Waals surface area contributed by atoms with E-state index in [1.807, 2.05) is 30.3 Å². The molecule has 0 aliphatic carbocycles. The first-order valence-electron chi connectivity index (χ1n) is 11.6. The van der Waals surface area contributed by atoms with E-state index in [9.17, 15) is 4.79 Å². The van der Waals surface area contributed by atoms with Crippen molar-refractivity contribution in [3.05, 3.63) is 60.3 Å². The first kappa shape index (κ1) is 27.2. The van der Waals surface area contributed by atoms with Gasteiger partial charge in [0.15, 0.2) is 0 Å². The summed E-state index contributed by atoms with van der Waals surface area (Å²) in [6.45, 7) is 1.53. The highest BCUT2D eigenvalue weighted by Crippen LogP contribution is 2.22. The number of quaternary nitrogens is 1. The Balaban J connectivity index is 0.00000385. The number of esters is 1. The summed E-state index contributed by atoms with van der Waals surface area (Å²) in [4.78, 5) is 12.3. The van der Waals surface area contributed by atoms with Crippen LogP contribution in [0.15, 0.2) is 54.7 Å². The van der Waals surface area contributed by atoms with Crippen molar-refractivity contribution < 1.29 is 38.2 Å². The molecule has 0 unspecified atom stereocenters. The molecule has 0 fully saturated rings. The summed E-state index contributed by atoms with van der Waals surface area (Å²) in [6.07, 6.45) is 8.96. The maximum absolute atomic E-state index is 12.3. The molecule has 0 saturated carbocycles. The van der Waals surface area contributed by atoms with E-state index in [1.54, 1.807) is 7.11 Å². The SMILES string of the molecule is COc1ccc2c(ccn2CCCCCCCCOC(=O)c2cccc([N+](C)(C)C)c2)c1.[I-]. The molecule has 33 heavy (non-hydrogen) atoms. The first-order chi connectivity index (χ1) is 15.4. The molecule has 6 heteroatoms. The third kappa shape index (κ3) is 8.03. The molecule has 5 nitrogen and oxygen atoms in total. The van der Waals surface area contributed by atoms with Crippen LogP contribution in [0.3, 0.4) is 0 Å². The molecule has 3 aromatic rings. The third-order valence-electron chi connectivity index (χ3n) is 5.86. The smallest absolute Gasteiger partial charge is 0.338 e. The molecule has 0 aliphatic rings. The molecule has 0 bridgehead atoms. The molecule has 1 heterocycles. The van der Waals surface area contributed by atoms with Gasteiger partial charge in [0.2, 0.25) is 0 Å². The van der Waals surface area contributed by atoms with Crippen molar-refractivity contribution >= 4 is 22.6 Å². The minimum Gasteiger partial charge on any atom is -1.00 e. The lowest BCUT2D eigenvalue weighted by atomic mass is 10.1. The van der Waals surface area contributed by atoms with Gasteiger partial charge >= 0.3 is 5.97 Å². The van der Waals surface area contributed by atoms with Gasteiger partial charge in [0.05, 0.1) is 40.4 Å². The Morgan fingerprint density at radius 2 is 1.64 bits per heavy atom. The monoisotopic (exact) mass is 564 g/mol. The summed E-state index contributed by atoms with van der Waals surface area (Å²) >= 11 is 0. The topological polar surface area (TPSA) is 40.5 Å². The van der Waals surface area contributed by atoms with Gasteiger partial charge in [-0.2, -0.15) is 0 Å². The van der Waals surface area contributed by atoms with Gasteiger partial charge in [-0.15, -0.1) is 0 Å². The van der Waals surface area contributed by atoms with Crippen LogP contribution >= 0.6 is 0 Å². The predicted molar refractivity (Wildman–Crippen MR) is 132 cm³/mol. The highest BCUT2D eigenvalue weighted by molar-refractivity contribution is 5.90. The lowest BCUT2D eigenvalue weighted by Crippen LogP contribution is -3.00. The second kappa shape index (κ2) is 13.0. The summed E-state index contributed by atoms with van der Waals surface area (Å²) in [6, 6.07) is 16.1. The molecule has 0 aliphatic heterocycles. The van der Waals surface area contributed by atoms with Gasteiger partial charge in [-0.05, 0) is 49.2 Å². The number of hydrogen-bond donors (Lipinski definition) is 0. The molecular weight excluding hydrogens is 527 g/mol. The van der Waals surface area contributed by atoms with Crippen LogP contribution in [-0.2, 0) is 11.3 Å². The van der Waals surface area contributed by atoms with E-state index in [0.29, 0.717) is 16.7 Å². The van der Waals surface area contributed by atoms with Crippen molar-refractivity contribution in [3.63, 3.8) is 0 Å². The Morgan fingerprint density at radius 3 is 2.36 bits per heavy atom. The molecule has 0 saturated heterocycles. The molecular formula is C27H37IN2O3. The van der Waals surface area contributed by atoms with E-state index in [4.69, 9.17) is 9.47 Å². The van der Waals surface area contributed by atoms with Crippen molar-refractivity contribution in [2.24, 2.45) is 0 Å². The maximum Gasteiger partial charge on any atom is 0.338 e. The number of aryl methyl sites for hydroxylation is 1. The van der Waals surface area contributed by atoms with E-state index in [0.717, 1.165) is 30.8 Å². The van der Waals surface area contributed by atoms with Crippen molar-refractivity contribution in [1.29, 1.82) is 0 Å². The number of carbonyl (C=O) groups is 1. The molecule has 0 amide bonds. The molecule has 180 valence electrons. The van der Waals surface area contributed by atoms with E-state index >= 15 is 0 Å². The molecule has 1 aromatic heterocycles. The fourth-order valence-corrected chi connectivity index (χ4v) is 3.89. The zero-order valence-electron chi connectivity index (χ0n) is 20.4. The van der Waals surface area contributed by atoms with Gasteiger partial charge in [-0.3, -0.25) is 4.48 Å². The third-order valence-corrected chi connectivity index (χ3v) is 5.86. The molecule has 0 atom stereocenters. The Kier molecular flexibility index (Phi) is 10.7. The minimum atomic E-state index is -0.225. The molecule has 2 aromatic carbocycles. The molecule has 0 spiro atoms. The quantitative estimate of drug-likeness (QED) is 0.147. The average molecular weight is 565 g/mol. The van der Waals surface area contributed by atoms with E-state index < -0.39 is 0 Å². The Morgan fingerprint density at radius 1 is 0.909 bits per heavy atom. The zero-order valence-corrected chi connectivity index (χ0v) is 22.5. The number of benzene rings is 2. The highest BCUT2D eigenvalue weighted by Gasteiger charge is 2.15. The van der Waals surface area contributed by atoms with Crippen LogP contribution in [0.2, 0.25) is 0 Å². The van der Waals surface area contributed by atoms with Crippen molar-refractivity contribution in [2.45, 2.75) is 45.1 Å². The zero-order chi connectivity index (χ0) is 23.0. The fraction of sp³-hybridized carbons (Fsp3) is 0.444. The number of halogens is 1. The fourth-order valence-electron chi connectivity index (χ4n) is 3.89. The van der Waals surface area contributed by atoms with Gasteiger partial charge in [0.1, 0.15) is 11.4 Å². The van der Waals surface area contributed by atoms with Gasteiger partial charge in [0.25, 0.3) is 0 Å². The van der Waals surface area contributed by atoms with E-state index in [-0.39, 0.29) is 29.9 Å². The Labute approximate surface area is 215 Å². The second-order valence-electron chi connectivity index (χ2n) is 9.25. The number of ether oxygens (including phenoxy) is 2. The normalized spacial score (nSPS) is 11.3. The standard InChI is InChI=1S/C27H37N2O3.HI/c1-29(2,3)24-13-11-12-23(20-24)27(30)32-19-10-8-6-5-7-9-17-28-18-16-22-21-25(31-4)14-15-26(22)28;/h11-16,18,20-21H,5-10,17,19H2,1-4H3;1H/q+1;/p-1. The van der Waals surface area contributed by atoms with Gasteiger partial charge in [-0.1, -0.05) is 31.7 Å². The number of hydrogen-bond acceptors (Lipinski definition) is 3. The number of rotatable bonds is 12. The molecule has 0 radical (unpaired) electrons. The van der Waals surface area contributed by atoms with Crippen LogP contribution < -0.4 is 33.2 Å². The number of fused-ring (bicyclic) bond motifs is 1. The summed E-state index contributed by atoms with van der Waals surface area (Å²) < 4.78 is 13.8. The van der Waals surface area contributed by atoms with Gasteiger partial charge in [0, 0.05) is 29.7 Å². The Bertz CT molecular complexity index is 1020. The lowest BCUT2D eigenvalue weighted by molar-refractivity contribution is -0.0000254. The van der Waals surface area contributed by atoms with Crippen LogP contribution in [0.4, 0.5) is 5.69 Å². The van der Waals surface area contributed by atoms with Crippen molar-refractivity contribution in [1.82, 2.24) is 9.05 Å². The number of unbranched alkanes of at least 4 members (excludes halogenated alkanes) is 5. The first-order valence-corrected chi connectivity index (χ1v) is 11.6. The summed E-state index contributed by atoms with van der Waals surface area (Å²) in [5.74, 6) is 0.676. The maximum atomic E-state index is 12.3. The second-order valence-corrected chi connectivity index (χ2v) is 9.25. The van der Waals surface area contributed by atoms with E-state index in [2.05, 4.69) is 50.1 Å². The van der Waals surface area contributed by atoms with Crippen LogP contribution in [0, 0.1) is 0 Å². The van der Waals surface area contributed by atoms with E-state index in [1.165, 1.54) is 36.6 Å². The summed E-state index contributed by atoms with van der Waals surface area (Å²) in [7, 11) is 7.96. The number of carbonyl (C=O) groups excluding carboxylic acids is 1. The summed E-state index contributed by atoms with van der Waals surface area (Å²) in [5.41, 5.74) is 2.98. The number of nitrogens with zero attached hydrogens (tertiary/aromatic N) is 2. The highest BCUT2D eigenvalue weighted by atomic mass is 127. The summed E-state index contributed by atoms with van der Waals surface area (Å²) in [5, 5.41) is 1.23. The number of aromatic nitrogens is 1. The number of methoxy groups -OCH3 is 1. The molecule has 0 N–H and O–H groups in total. The van der Waals surface area contributed by atoms with Crippen LogP contribution in [0.25, 0.3) is 10.9 Å². The minimum absolute atomic E-state index is 0. The van der Waals surface area contributed by atoms with Crippen molar-refractivity contribution in [2.75, 3.05) is 34.9 Å². The average Bonchev–Trinajstić information content (AvgIpc) is 3.19. The molecule has 3 rings (SSSR count). The van der Waals surface area contributed by atoms with Crippen molar-refractivity contribution in [3.8, 4) is 5.75 Å². The lowest BCUT2D eigenvalue weighted by Gasteiger charge is -2.23. The van der Waals surface area contributed by atoms with Gasteiger partial charge < -0.3 is 38.0 Å². The Hall–Kier alpha value is -2.06. The predicted octanol–water partition coefficient (Wildman–Crippen LogP) is 3.05. The van der Waals surface area contributed by atoms with Crippen LogP contribution in [-0.4, -0.2) is 45.4 Å². The largest absolute Gasteiger partial charge is 1.00 e. The van der Waals surface area contributed by atoms with Gasteiger partial charge in [-0.25, -0.2) is 4.79 Å². The van der Waals surface area contributed by atoms with Crippen LogP contribution in [0.5, 0.6) is 5.75 Å². The van der Waals surface area contributed by atoms with Crippen LogP contribution in [0.1, 0.15) is 48.9 Å².